The maximum absolute atomic E-state index is 15.2. The third kappa shape index (κ3) is 7.00. The molecule has 1 aromatic heterocycles. The third-order valence-electron chi connectivity index (χ3n) is 7.80. The lowest BCUT2D eigenvalue weighted by atomic mass is 9.90. The molecule has 1 N–H and O–H groups in total. The van der Waals surface area contributed by atoms with Crippen molar-refractivity contribution in [1.29, 1.82) is 0 Å². The van der Waals surface area contributed by atoms with E-state index in [9.17, 15) is 9.59 Å². The Kier molecular flexibility index (Phi) is 10.5. The standard InChI is InChI=1S/C31H39ClFN3O3S/c1-5-8-24-23(11-12-25(32)28(24)33)22-17-36-16-15-21(6-2)29(37)19(3)9-7-10-20(4)40-35-31(38)26-13-14-27(39-18-22)30(36)34-26/h9,11-14,20-22H,5-8,10,15-18H2,1-4H3,(H,35,38)/b19-9+. The number of Topliss-reactive ketones (excluding diaryl/α,β-unsaturated/α-hetero) is 1. The highest BCUT2D eigenvalue weighted by Crippen LogP contribution is 2.37. The normalized spacial score (nSPS) is 24.0. The van der Waals surface area contributed by atoms with Gasteiger partial charge in [-0.15, -0.1) is 0 Å². The van der Waals surface area contributed by atoms with Gasteiger partial charge in [0.1, 0.15) is 11.5 Å². The topological polar surface area (TPSA) is 71.5 Å². The van der Waals surface area contributed by atoms with E-state index in [1.807, 2.05) is 32.9 Å². The summed E-state index contributed by atoms with van der Waals surface area (Å²) in [6, 6.07) is 6.97. The predicted molar refractivity (Wildman–Crippen MR) is 161 cm³/mol. The van der Waals surface area contributed by atoms with Crippen LogP contribution in [0.5, 0.6) is 5.75 Å². The molecule has 4 rings (SSSR count). The number of amides is 1. The molecule has 2 bridgehead atoms. The van der Waals surface area contributed by atoms with E-state index in [-0.39, 0.29) is 39.6 Å². The Labute approximate surface area is 246 Å². The molecule has 6 nitrogen and oxygen atoms in total. The van der Waals surface area contributed by atoms with E-state index in [2.05, 4.69) is 16.5 Å². The van der Waals surface area contributed by atoms with Crippen molar-refractivity contribution < 1.29 is 18.7 Å². The van der Waals surface area contributed by atoms with Gasteiger partial charge in [0.2, 0.25) is 0 Å². The number of halogens is 2. The Hall–Kier alpha value is -2.58. The van der Waals surface area contributed by atoms with Gasteiger partial charge in [-0.3, -0.25) is 14.3 Å². The average Bonchev–Trinajstić information content (AvgIpc) is 3.13. The number of aromatic nitrogens is 1. The first-order chi connectivity index (χ1) is 19.2. The lowest BCUT2D eigenvalue weighted by Gasteiger charge is -2.28. The number of hydrogen-bond donors (Lipinski definition) is 1. The van der Waals surface area contributed by atoms with Gasteiger partial charge in [0, 0.05) is 30.2 Å². The molecule has 1 amide bonds. The van der Waals surface area contributed by atoms with E-state index < -0.39 is 0 Å². The summed E-state index contributed by atoms with van der Waals surface area (Å²) in [5.41, 5.74) is 2.58. The zero-order valence-corrected chi connectivity index (χ0v) is 25.3. The number of hydrogen-bond acceptors (Lipinski definition) is 6. The predicted octanol–water partition coefficient (Wildman–Crippen LogP) is 7.30. The van der Waals surface area contributed by atoms with Crippen molar-refractivity contribution in [2.24, 2.45) is 5.92 Å². The largest absolute Gasteiger partial charge is 0.489 e. The number of nitrogens with one attached hydrogen (secondary N) is 1. The molecule has 2 aliphatic rings. The van der Waals surface area contributed by atoms with E-state index in [1.54, 1.807) is 18.2 Å². The van der Waals surface area contributed by atoms with E-state index in [1.165, 1.54) is 11.9 Å². The molecule has 0 saturated carbocycles. The van der Waals surface area contributed by atoms with Gasteiger partial charge in [-0.1, -0.05) is 50.9 Å². The average molecular weight is 588 g/mol. The second-order valence-electron chi connectivity index (χ2n) is 10.7. The number of carbonyl (C=O) groups is 2. The lowest BCUT2D eigenvalue weighted by Crippen LogP contribution is -2.33. The Morgan fingerprint density at radius 3 is 2.75 bits per heavy atom. The fraction of sp³-hybridized carbons (Fsp3) is 0.516. The number of nitrogens with zero attached hydrogens (tertiary/aromatic N) is 2. The molecule has 0 fully saturated rings. The fourth-order valence-corrected chi connectivity index (χ4v) is 6.27. The van der Waals surface area contributed by atoms with Gasteiger partial charge in [-0.05, 0) is 85.9 Å². The Balaban J connectivity index is 1.74. The lowest BCUT2D eigenvalue weighted by molar-refractivity contribution is -0.119. The number of ketones is 1. The molecule has 2 aromatic rings. The maximum Gasteiger partial charge on any atom is 0.279 e. The minimum Gasteiger partial charge on any atom is -0.489 e. The van der Waals surface area contributed by atoms with Crippen molar-refractivity contribution >= 4 is 41.1 Å². The SMILES string of the molecule is CCCc1c(C2COc3ccc4nc3N(CCC(CC)C(=O)/C(C)=C/CCC(C)SNC4=O)C2)ccc(Cl)c1F. The molecule has 0 radical (unpaired) electrons. The van der Waals surface area contributed by atoms with Crippen molar-refractivity contribution in [2.45, 2.75) is 77.4 Å². The molecule has 3 atom stereocenters. The number of fused-ring (bicyclic) bond motifs is 1. The van der Waals surface area contributed by atoms with E-state index in [4.69, 9.17) is 21.3 Å². The first kappa shape index (κ1) is 30.4. The number of benzene rings is 1. The van der Waals surface area contributed by atoms with Crippen LogP contribution in [0.25, 0.3) is 0 Å². The number of pyridine rings is 1. The number of ether oxygens (including phenoxy) is 1. The summed E-state index contributed by atoms with van der Waals surface area (Å²) in [6.45, 7) is 9.41. The Bertz CT molecular complexity index is 1270. The maximum atomic E-state index is 15.2. The smallest absolute Gasteiger partial charge is 0.279 e. The van der Waals surface area contributed by atoms with Gasteiger partial charge in [-0.25, -0.2) is 9.37 Å². The van der Waals surface area contributed by atoms with Crippen LogP contribution in [0.1, 0.15) is 87.3 Å². The molecular formula is C31H39ClFN3O3S. The van der Waals surface area contributed by atoms with E-state index in [0.717, 1.165) is 36.8 Å². The van der Waals surface area contributed by atoms with Gasteiger partial charge in [0.25, 0.3) is 5.91 Å². The van der Waals surface area contributed by atoms with Crippen LogP contribution in [0.15, 0.2) is 35.9 Å². The molecule has 216 valence electrons. The fourth-order valence-electron chi connectivity index (χ4n) is 5.43. The summed E-state index contributed by atoms with van der Waals surface area (Å²) < 4.78 is 24.3. The van der Waals surface area contributed by atoms with Crippen molar-refractivity contribution in [3.8, 4) is 5.75 Å². The molecule has 2 aliphatic heterocycles. The summed E-state index contributed by atoms with van der Waals surface area (Å²) in [5, 5.41) is 0.295. The van der Waals surface area contributed by atoms with Crippen LogP contribution >= 0.6 is 23.5 Å². The van der Waals surface area contributed by atoms with Crippen LogP contribution in [0, 0.1) is 11.7 Å². The van der Waals surface area contributed by atoms with Crippen molar-refractivity contribution in [2.75, 3.05) is 24.6 Å². The van der Waals surface area contributed by atoms with E-state index in [0.29, 0.717) is 55.4 Å². The highest BCUT2D eigenvalue weighted by Gasteiger charge is 2.30. The van der Waals surface area contributed by atoms with E-state index >= 15 is 4.39 Å². The number of carbonyl (C=O) groups excluding carboxylic acids is 2. The molecule has 1 aromatic carbocycles. The zero-order chi connectivity index (χ0) is 28.8. The summed E-state index contributed by atoms with van der Waals surface area (Å²) in [4.78, 5) is 33.2. The first-order valence-electron chi connectivity index (χ1n) is 14.3. The molecule has 0 aliphatic carbocycles. The van der Waals surface area contributed by atoms with Crippen LogP contribution in [-0.4, -0.2) is 41.6 Å². The Morgan fingerprint density at radius 2 is 2.00 bits per heavy atom. The molecule has 0 spiro atoms. The van der Waals surface area contributed by atoms with Gasteiger partial charge in [0.15, 0.2) is 17.4 Å². The van der Waals surface area contributed by atoms with Gasteiger partial charge in [0.05, 0.1) is 11.6 Å². The quantitative estimate of drug-likeness (QED) is 0.378. The highest BCUT2D eigenvalue weighted by atomic mass is 35.5. The minimum atomic E-state index is -0.376. The van der Waals surface area contributed by atoms with Crippen LogP contribution in [0.3, 0.4) is 0 Å². The summed E-state index contributed by atoms with van der Waals surface area (Å²) >= 11 is 7.52. The third-order valence-corrected chi connectivity index (χ3v) is 9.03. The minimum absolute atomic E-state index is 0.118. The molecule has 9 heteroatoms. The van der Waals surface area contributed by atoms with Gasteiger partial charge in [-0.2, -0.15) is 0 Å². The number of rotatable bonds is 4. The van der Waals surface area contributed by atoms with Crippen LogP contribution in [0.4, 0.5) is 10.2 Å². The summed E-state index contributed by atoms with van der Waals surface area (Å²) in [5.74, 6) is 0.405. The molecule has 3 heterocycles. The van der Waals surface area contributed by atoms with Crippen LogP contribution in [0.2, 0.25) is 5.02 Å². The summed E-state index contributed by atoms with van der Waals surface area (Å²) in [6.07, 6.45) is 6.37. The first-order valence-corrected chi connectivity index (χ1v) is 15.5. The summed E-state index contributed by atoms with van der Waals surface area (Å²) in [7, 11) is 0. The van der Waals surface area contributed by atoms with Crippen LogP contribution < -0.4 is 14.4 Å². The zero-order valence-electron chi connectivity index (χ0n) is 23.8. The molecular weight excluding hydrogens is 549 g/mol. The second kappa shape index (κ2) is 13.9. The Morgan fingerprint density at radius 1 is 1.20 bits per heavy atom. The molecule has 0 saturated heterocycles. The van der Waals surface area contributed by atoms with Crippen LogP contribution in [-0.2, 0) is 11.2 Å². The number of allylic oxidation sites excluding steroid dienone is 2. The van der Waals surface area contributed by atoms with Crippen molar-refractivity contribution in [3.63, 3.8) is 0 Å². The number of anilines is 1. The van der Waals surface area contributed by atoms with Crippen molar-refractivity contribution in [3.05, 3.63) is 63.6 Å². The van der Waals surface area contributed by atoms with Crippen molar-refractivity contribution in [1.82, 2.24) is 9.71 Å². The molecule has 3 unspecified atom stereocenters. The van der Waals surface area contributed by atoms with Gasteiger partial charge < -0.3 is 9.64 Å². The monoisotopic (exact) mass is 587 g/mol. The second-order valence-corrected chi connectivity index (χ2v) is 12.4. The molecule has 40 heavy (non-hydrogen) atoms. The highest BCUT2D eigenvalue weighted by molar-refractivity contribution is 7.98. The van der Waals surface area contributed by atoms with Gasteiger partial charge >= 0.3 is 0 Å².